The van der Waals surface area contributed by atoms with Crippen LogP contribution in [0.15, 0.2) is 0 Å². The summed E-state index contributed by atoms with van der Waals surface area (Å²) in [7, 11) is 0. The molecular formula is C13H24N2O4. The van der Waals surface area contributed by atoms with Gasteiger partial charge in [-0.25, -0.2) is 9.59 Å². The maximum Gasteiger partial charge on any atom is 0.326 e. The maximum atomic E-state index is 11.6. The highest BCUT2D eigenvalue weighted by atomic mass is 16.5. The van der Waals surface area contributed by atoms with Crippen LogP contribution in [0.3, 0.4) is 0 Å². The second kappa shape index (κ2) is 8.74. The highest BCUT2D eigenvalue weighted by Crippen LogP contribution is 2.15. The molecule has 6 nitrogen and oxygen atoms in total. The van der Waals surface area contributed by atoms with Crippen LogP contribution >= 0.6 is 0 Å². The standard InChI is InChI=1S/C13H24N2O4/c1-2-3-4-11(12(16)17)15-13(18)14-7-5-10-6-8-19-9-10/h10-11H,2-9H2,1H3,(H,16,17)(H2,14,15,18). The summed E-state index contributed by atoms with van der Waals surface area (Å²) < 4.78 is 5.25. The predicted octanol–water partition coefficient (Wildman–Crippen LogP) is 1.36. The second-order valence-electron chi connectivity index (χ2n) is 4.95. The van der Waals surface area contributed by atoms with Crippen LogP contribution in [0.5, 0.6) is 0 Å². The molecule has 0 aliphatic carbocycles. The van der Waals surface area contributed by atoms with Crippen LogP contribution in [0.4, 0.5) is 4.79 Å². The van der Waals surface area contributed by atoms with Crippen LogP contribution in [0.25, 0.3) is 0 Å². The van der Waals surface area contributed by atoms with Crippen molar-refractivity contribution in [1.82, 2.24) is 10.6 Å². The van der Waals surface area contributed by atoms with E-state index in [4.69, 9.17) is 9.84 Å². The summed E-state index contributed by atoms with van der Waals surface area (Å²) in [5, 5.41) is 14.2. The summed E-state index contributed by atoms with van der Waals surface area (Å²) in [6.07, 6.45) is 4.08. The third kappa shape index (κ3) is 6.42. The Hall–Kier alpha value is -1.30. The summed E-state index contributed by atoms with van der Waals surface area (Å²) in [6, 6.07) is -1.20. The maximum absolute atomic E-state index is 11.6. The highest BCUT2D eigenvalue weighted by molar-refractivity contribution is 5.82. The van der Waals surface area contributed by atoms with Gasteiger partial charge < -0.3 is 20.5 Å². The van der Waals surface area contributed by atoms with Crippen molar-refractivity contribution < 1.29 is 19.4 Å². The molecule has 1 aliphatic heterocycles. The van der Waals surface area contributed by atoms with Crippen molar-refractivity contribution in [2.45, 2.75) is 45.1 Å². The fraction of sp³-hybridized carbons (Fsp3) is 0.846. The van der Waals surface area contributed by atoms with E-state index in [0.29, 0.717) is 18.9 Å². The first kappa shape index (κ1) is 15.8. The number of carbonyl (C=O) groups excluding carboxylic acids is 1. The monoisotopic (exact) mass is 272 g/mol. The smallest absolute Gasteiger partial charge is 0.326 e. The number of amides is 2. The molecule has 0 aromatic heterocycles. The quantitative estimate of drug-likeness (QED) is 0.622. The molecule has 0 bridgehead atoms. The lowest BCUT2D eigenvalue weighted by Gasteiger charge is -2.15. The first-order valence-corrected chi connectivity index (χ1v) is 6.98. The molecule has 3 N–H and O–H groups in total. The van der Waals surface area contributed by atoms with Gasteiger partial charge in [0, 0.05) is 19.8 Å². The Morgan fingerprint density at radius 1 is 1.47 bits per heavy atom. The van der Waals surface area contributed by atoms with Crippen molar-refractivity contribution in [2.24, 2.45) is 5.92 Å². The number of hydrogen-bond donors (Lipinski definition) is 3. The van der Waals surface area contributed by atoms with E-state index in [9.17, 15) is 9.59 Å². The molecule has 0 aromatic carbocycles. The number of aliphatic carboxylic acids is 1. The number of hydrogen-bond acceptors (Lipinski definition) is 3. The van der Waals surface area contributed by atoms with Gasteiger partial charge >= 0.3 is 12.0 Å². The van der Waals surface area contributed by atoms with E-state index >= 15 is 0 Å². The lowest BCUT2D eigenvalue weighted by Crippen LogP contribution is -2.46. The van der Waals surface area contributed by atoms with Gasteiger partial charge in [-0.1, -0.05) is 19.8 Å². The number of carboxylic acids is 1. The molecule has 0 radical (unpaired) electrons. The Bertz CT molecular complexity index is 290. The van der Waals surface area contributed by atoms with E-state index in [1.807, 2.05) is 6.92 Å². The molecular weight excluding hydrogens is 248 g/mol. The van der Waals surface area contributed by atoms with E-state index < -0.39 is 18.0 Å². The highest BCUT2D eigenvalue weighted by Gasteiger charge is 2.19. The second-order valence-corrected chi connectivity index (χ2v) is 4.95. The fourth-order valence-corrected chi connectivity index (χ4v) is 2.08. The van der Waals surface area contributed by atoms with Crippen molar-refractivity contribution >= 4 is 12.0 Å². The summed E-state index contributed by atoms with van der Waals surface area (Å²) >= 11 is 0. The lowest BCUT2D eigenvalue weighted by atomic mass is 10.1. The van der Waals surface area contributed by atoms with Gasteiger partial charge in [0.05, 0.1) is 0 Å². The first-order valence-electron chi connectivity index (χ1n) is 6.98. The number of urea groups is 1. The van der Waals surface area contributed by atoms with E-state index in [1.54, 1.807) is 0 Å². The van der Waals surface area contributed by atoms with Crippen molar-refractivity contribution in [1.29, 1.82) is 0 Å². The lowest BCUT2D eigenvalue weighted by molar-refractivity contribution is -0.139. The average molecular weight is 272 g/mol. The van der Waals surface area contributed by atoms with Gasteiger partial charge in [0.1, 0.15) is 6.04 Å². The number of unbranched alkanes of at least 4 members (excludes halogenated alkanes) is 1. The molecule has 1 rings (SSSR count). The van der Waals surface area contributed by atoms with Crippen LogP contribution in [0.2, 0.25) is 0 Å². The molecule has 1 heterocycles. The minimum Gasteiger partial charge on any atom is -0.480 e. The summed E-state index contributed by atoms with van der Waals surface area (Å²) in [5.41, 5.74) is 0. The van der Waals surface area contributed by atoms with Gasteiger partial charge in [-0.15, -0.1) is 0 Å². The molecule has 2 unspecified atom stereocenters. The molecule has 1 saturated heterocycles. The van der Waals surface area contributed by atoms with Gasteiger partial charge in [0.15, 0.2) is 0 Å². The van der Waals surface area contributed by atoms with Crippen molar-refractivity contribution in [3.63, 3.8) is 0 Å². The average Bonchev–Trinajstić information content (AvgIpc) is 2.87. The normalized spacial score (nSPS) is 19.9. The van der Waals surface area contributed by atoms with Crippen LogP contribution in [0.1, 0.15) is 39.0 Å². The largest absolute Gasteiger partial charge is 0.480 e. The zero-order valence-electron chi connectivity index (χ0n) is 11.5. The van der Waals surface area contributed by atoms with Crippen LogP contribution < -0.4 is 10.6 Å². The SMILES string of the molecule is CCCCC(NC(=O)NCCC1CCOC1)C(=O)O. The Morgan fingerprint density at radius 2 is 2.26 bits per heavy atom. The van der Waals surface area contributed by atoms with E-state index in [0.717, 1.165) is 38.9 Å². The molecule has 1 aliphatic rings. The number of carboxylic acid groups (broad SMARTS) is 1. The Balaban J connectivity index is 2.17. The number of nitrogens with one attached hydrogen (secondary N) is 2. The zero-order chi connectivity index (χ0) is 14.1. The van der Waals surface area contributed by atoms with Crippen LogP contribution in [-0.2, 0) is 9.53 Å². The molecule has 0 spiro atoms. The third-order valence-corrected chi connectivity index (χ3v) is 3.31. The van der Waals surface area contributed by atoms with Crippen LogP contribution in [0, 0.1) is 5.92 Å². The molecule has 6 heteroatoms. The number of ether oxygens (including phenoxy) is 1. The third-order valence-electron chi connectivity index (χ3n) is 3.31. The Labute approximate surface area is 113 Å². The van der Waals surface area contributed by atoms with Gasteiger partial charge in [-0.3, -0.25) is 0 Å². The zero-order valence-corrected chi connectivity index (χ0v) is 11.5. The Morgan fingerprint density at radius 3 is 2.84 bits per heavy atom. The first-order chi connectivity index (χ1) is 9.13. The van der Waals surface area contributed by atoms with Crippen LogP contribution in [-0.4, -0.2) is 42.9 Å². The number of rotatable bonds is 8. The van der Waals surface area contributed by atoms with Crippen molar-refractivity contribution in [3.05, 3.63) is 0 Å². The predicted molar refractivity (Wildman–Crippen MR) is 71.0 cm³/mol. The van der Waals surface area contributed by atoms with Gasteiger partial charge in [-0.2, -0.15) is 0 Å². The molecule has 1 fully saturated rings. The summed E-state index contributed by atoms with van der Waals surface area (Å²) in [5.74, 6) is -0.469. The van der Waals surface area contributed by atoms with Crippen molar-refractivity contribution in [3.8, 4) is 0 Å². The van der Waals surface area contributed by atoms with Gasteiger partial charge in [0.25, 0.3) is 0 Å². The molecule has 0 aromatic rings. The molecule has 0 saturated carbocycles. The summed E-state index contributed by atoms with van der Waals surface area (Å²) in [6.45, 7) is 4.11. The van der Waals surface area contributed by atoms with Gasteiger partial charge in [0.2, 0.25) is 0 Å². The molecule has 110 valence electrons. The minimum atomic E-state index is -0.979. The summed E-state index contributed by atoms with van der Waals surface area (Å²) in [4.78, 5) is 22.5. The minimum absolute atomic E-state index is 0.401. The van der Waals surface area contributed by atoms with E-state index in [2.05, 4.69) is 10.6 Å². The molecule has 19 heavy (non-hydrogen) atoms. The van der Waals surface area contributed by atoms with Crippen molar-refractivity contribution in [2.75, 3.05) is 19.8 Å². The fourth-order valence-electron chi connectivity index (χ4n) is 2.08. The van der Waals surface area contributed by atoms with Gasteiger partial charge in [-0.05, 0) is 25.2 Å². The molecule has 2 atom stereocenters. The van der Waals surface area contributed by atoms with E-state index in [1.165, 1.54) is 0 Å². The van der Waals surface area contributed by atoms with E-state index in [-0.39, 0.29) is 0 Å². The Kier molecular flexibility index (Phi) is 7.25. The molecule has 2 amide bonds. The number of carbonyl (C=O) groups is 2. The topological polar surface area (TPSA) is 87.7 Å².